The fourth-order valence-electron chi connectivity index (χ4n) is 1.39. The van der Waals surface area contributed by atoms with Gasteiger partial charge in [-0.1, -0.05) is 0 Å². The molecule has 3 N–H and O–H groups in total. The quantitative estimate of drug-likeness (QED) is 0.538. The van der Waals surface area contributed by atoms with Gasteiger partial charge in [-0.15, -0.1) is 0 Å². The number of nitrogens with zero attached hydrogens (tertiary/aromatic N) is 3. The first-order valence-electron chi connectivity index (χ1n) is 5.07. The lowest BCUT2D eigenvalue weighted by Gasteiger charge is -2.09. The van der Waals surface area contributed by atoms with Crippen molar-refractivity contribution in [1.82, 2.24) is 25.5 Å². The third-order valence-electron chi connectivity index (χ3n) is 2.31. The number of hydrogen-bond acceptors (Lipinski definition) is 5. The van der Waals surface area contributed by atoms with Crippen LogP contribution in [0.3, 0.4) is 0 Å². The van der Waals surface area contributed by atoms with E-state index in [9.17, 15) is 14.9 Å². The number of amides is 1. The Balaban J connectivity index is 2.05. The summed E-state index contributed by atoms with van der Waals surface area (Å²) in [7, 11) is 0. The fourth-order valence-corrected chi connectivity index (χ4v) is 1.39. The van der Waals surface area contributed by atoms with E-state index in [1.807, 2.05) is 0 Å². The Morgan fingerprint density at radius 2 is 2.39 bits per heavy atom. The molecule has 0 aliphatic carbocycles. The van der Waals surface area contributed by atoms with Gasteiger partial charge in [0.1, 0.15) is 17.8 Å². The third kappa shape index (κ3) is 2.34. The number of aromatic amines is 2. The number of carbonyl (C=O) groups excluding carboxylic acids is 1. The molecule has 1 atom stereocenters. The summed E-state index contributed by atoms with van der Waals surface area (Å²) in [6, 6.07) is 0.796. The Kier molecular flexibility index (Phi) is 3.04. The van der Waals surface area contributed by atoms with Crippen molar-refractivity contribution in [1.29, 1.82) is 0 Å². The molecule has 2 aromatic rings. The van der Waals surface area contributed by atoms with Crippen LogP contribution >= 0.6 is 0 Å². The van der Waals surface area contributed by atoms with Crippen molar-refractivity contribution >= 4 is 11.6 Å². The van der Waals surface area contributed by atoms with Crippen molar-refractivity contribution < 1.29 is 9.72 Å². The van der Waals surface area contributed by atoms with Gasteiger partial charge in [-0.2, -0.15) is 5.10 Å². The van der Waals surface area contributed by atoms with Crippen LogP contribution in [0.25, 0.3) is 0 Å². The SMILES string of the molecule is CC(NC(=O)c1cc([N+](=O)[O-])c[nH]1)c1ncn[nH]1. The van der Waals surface area contributed by atoms with Gasteiger partial charge in [-0.05, 0) is 6.92 Å². The molecule has 0 aliphatic heterocycles. The van der Waals surface area contributed by atoms with Crippen LogP contribution in [0, 0.1) is 10.1 Å². The van der Waals surface area contributed by atoms with E-state index in [0.717, 1.165) is 6.20 Å². The molecule has 0 aromatic carbocycles. The lowest BCUT2D eigenvalue weighted by Crippen LogP contribution is -2.27. The summed E-state index contributed by atoms with van der Waals surface area (Å²) < 4.78 is 0. The fraction of sp³-hybridized carbons (Fsp3) is 0.222. The summed E-state index contributed by atoms with van der Waals surface area (Å²) >= 11 is 0. The zero-order valence-electron chi connectivity index (χ0n) is 9.38. The maximum atomic E-state index is 11.8. The van der Waals surface area contributed by atoms with Crippen molar-refractivity contribution in [3.8, 4) is 0 Å². The molecule has 9 heteroatoms. The van der Waals surface area contributed by atoms with Gasteiger partial charge < -0.3 is 10.3 Å². The lowest BCUT2D eigenvalue weighted by molar-refractivity contribution is -0.384. The maximum absolute atomic E-state index is 11.8. The summed E-state index contributed by atoms with van der Waals surface area (Å²) in [4.78, 5) is 28.1. The van der Waals surface area contributed by atoms with Gasteiger partial charge in [0, 0.05) is 6.07 Å². The highest BCUT2D eigenvalue weighted by Gasteiger charge is 2.17. The van der Waals surface area contributed by atoms with Gasteiger partial charge in [0.15, 0.2) is 0 Å². The highest BCUT2D eigenvalue weighted by molar-refractivity contribution is 5.93. The molecular formula is C9H10N6O3. The molecule has 9 nitrogen and oxygen atoms in total. The van der Waals surface area contributed by atoms with Crippen molar-refractivity contribution in [2.24, 2.45) is 0 Å². The monoisotopic (exact) mass is 250 g/mol. The topological polar surface area (TPSA) is 130 Å². The molecule has 2 rings (SSSR count). The zero-order valence-corrected chi connectivity index (χ0v) is 9.38. The minimum atomic E-state index is -0.576. The Labute approximate surface area is 101 Å². The Morgan fingerprint density at radius 1 is 1.61 bits per heavy atom. The van der Waals surface area contributed by atoms with Gasteiger partial charge >= 0.3 is 0 Å². The van der Waals surface area contributed by atoms with Crippen LogP contribution in [0.5, 0.6) is 0 Å². The number of nitro groups is 1. The van der Waals surface area contributed by atoms with Crippen molar-refractivity contribution in [2.45, 2.75) is 13.0 Å². The summed E-state index contributed by atoms with van der Waals surface area (Å²) in [5, 5.41) is 19.4. The van der Waals surface area contributed by atoms with Gasteiger partial charge in [0.05, 0.1) is 17.2 Å². The van der Waals surface area contributed by atoms with E-state index in [1.54, 1.807) is 6.92 Å². The molecule has 2 heterocycles. The van der Waals surface area contributed by atoms with Crippen molar-refractivity contribution in [2.75, 3.05) is 0 Å². The normalized spacial score (nSPS) is 12.1. The second-order valence-corrected chi connectivity index (χ2v) is 3.59. The highest BCUT2D eigenvalue weighted by Crippen LogP contribution is 2.13. The molecule has 0 saturated heterocycles. The van der Waals surface area contributed by atoms with E-state index in [-0.39, 0.29) is 17.4 Å². The first-order chi connectivity index (χ1) is 8.58. The van der Waals surface area contributed by atoms with Gasteiger partial charge in [0.2, 0.25) is 0 Å². The number of H-pyrrole nitrogens is 2. The average molecular weight is 250 g/mol. The minimum absolute atomic E-state index is 0.119. The Bertz CT molecular complexity index is 561. The van der Waals surface area contributed by atoms with E-state index in [0.29, 0.717) is 5.82 Å². The molecule has 0 aliphatic rings. The van der Waals surface area contributed by atoms with E-state index < -0.39 is 10.8 Å². The first-order valence-corrected chi connectivity index (χ1v) is 5.07. The summed E-state index contributed by atoms with van der Waals surface area (Å²) in [6.07, 6.45) is 2.49. The van der Waals surface area contributed by atoms with Crippen LogP contribution < -0.4 is 5.32 Å². The second kappa shape index (κ2) is 4.65. The van der Waals surface area contributed by atoms with Crippen molar-refractivity contribution in [3.05, 3.63) is 40.2 Å². The average Bonchev–Trinajstić information content (AvgIpc) is 3.00. The van der Waals surface area contributed by atoms with Crippen molar-refractivity contribution in [3.63, 3.8) is 0 Å². The predicted molar refractivity (Wildman–Crippen MR) is 59.7 cm³/mol. The maximum Gasteiger partial charge on any atom is 0.287 e. The molecule has 94 valence electrons. The van der Waals surface area contributed by atoms with E-state index >= 15 is 0 Å². The molecule has 0 spiro atoms. The van der Waals surface area contributed by atoms with Crippen LogP contribution in [0.2, 0.25) is 0 Å². The third-order valence-corrected chi connectivity index (χ3v) is 2.31. The lowest BCUT2D eigenvalue weighted by atomic mass is 10.3. The summed E-state index contributed by atoms with van der Waals surface area (Å²) in [6.45, 7) is 1.72. The molecule has 0 saturated carbocycles. The van der Waals surface area contributed by atoms with Gasteiger partial charge in [-0.25, -0.2) is 4.98 Å². The van der Waals surface area contributed by atoms with Gasteiger partial charge in [0.25, 0.3) is 11.6 Å². The smallest absolute Gasteiger partial charge is 0.287 e. The largest absolute Gasteiger partial charge is 0.351 e. The first kappa shape index (κ1) is 11.8. The standard InChI is InChI=1S/C9H10N6O3/c1-5(8-11-4-12-14-8)13-9(16)7-2-6(3-10-7)15(17)18/h2-5,10H,1H3,(H,13,16)(H,11,12,14). The number of hydrogen-bond donors (Lipinski definition) is 3. The molecule has 1 amide bonds. The number of carbonyl (C=O) groups is 1. The minimum Gasteiger partial charge on any atom is -0.351 e. The number of nitrogens with one attached hydrogen (secondary N) is 3. The Morgan fingerprint density at radius 3 is 2.94 bits per heavy atom. The Hall–Kier alpha value is -2.71. The van der Waals surface area contributed by atoms with Crippen LogP contribution in [0.4, 0.5) is 5.69 Å². The molecule has 0 fully saturated rings. The summed E-state index contributed by atoms with van der Waals surface area (Å²) in [5.74, 6) is 0.0522. The predicted octanol–water partition coefficient (Wildman–Crippen LogP) is 0.532. The highest BCUT2D eigenvalue weighted by atomic mass is 16.6. The van der Waals surface area contributed by atoms with E-state index in [4.69, 9.17) is 0 Å². The number of aromatic nitrogens is 4. The van der Waals surface area contributed by atoms with Gasteiger partial charge in [-0.3, -0.25) is 20.0 Å². The summed E-state index contributed by atoms with van der Waals surface area (Å²) in [5.41, 5.74) is -0.0412. The van der Waals surface area contributed by atoms with Crippen LogP contribution in [-0.4, -0.2) is 31.0 Å². The second-order valence-electron chi connectivity index (χ2n) is 3.59. The van der Waals surface area contributed by atoms with E-state index in [1.165, 1.54) is 12.4 Å². The molecule has 18 heavy (non-hydrogen) atoms. The number of rotatable bonds is 4. The molecule has 2 aromatic heterocycles. The molecule has 0 radical (unpaired) electrons. The van der Waals surface area contributed by atoms with E-state index in [2.05, 4.69) is 25.5 Å². The zero-order chi connectivity index (χ0) is 13.1. The van der Waals surface area contributed by atoms with Crippen LogP contribution in [0.15, 0.2) is 18.6 Å². The molecular weight excluding hydrogens is 240 g/mol. The molecule has 1 unspecified atom stereocenters. The van der Waals surface area contributed by atoms with Crippen LogP contribution in [0.1, 0.15) is 29.3 Å². The van der Waals surface area contributed by atoms with Crippen LogP contribution in [-0.2, 0) is 0 Å². The molecule has 0 bridgehead atoms.